The summed E-state index contributed by atoms with van der Waals surface area (Å²) < 4.78 is 0. The summed E-state index contributed by atoms with van der Waals surface area (Å²) in [6, 6.07) is 6.66. The molecule has 1 aromatic rings. The fraction of sp³-hybridized carbons (Fsp3) is 0.462. The zero-order chi connectivity index (χ0) is 13.5. The Morgan fingerprint density at radius 3 is 2.72 bits per heavy atom. The van der Waals surface area contributed by atoms with Gasteiger partial charge in [0.25, 0.3) is 0 Å². The summed E-state index contributed by atoms with van der Waals surface area (Å²) in [7, 11) is 1.77. The van der Waals surface area contributed by atoms with Crippen molar-refractivity contribution in [3.05, 3.63) is 35.4 Å². The number of aliphatic carboxylic acids is 1. The Morgan fingerprint density at radius 2 is 2.11 bits per heavy atom. The molecular formula is C13H19NO4. The van der Waals surface area contributed by atoms with Gasteiger partial charge in [-0.25, -0.2) is 0 Å². The number of aliphatic hydroxyl groups is 2. The van der Waals surface area contributed by atoms with Crippen molar-refractivity contribution in [1.82, 2.24) is 5.32 Å². The third kappa shape index (κ3) is 4.44. The van der Waals surface area contributed by atoms with Crippen LogP contribution in [0.5, 0.6) is 0 Å². The molecule has 18 heavy (non-hydrogen) atoms. The van der Waals surface area contributed by atoms with E-state index in [1.54, 1.807) is 31.3 Å². The minimum atomic E-state index is -0.993. The van der Waals surface area contributed by atoms with E-state index in [4.69, 9.17) is 5.11 Å². The largest absolute Gasteiger partial charge is 0.481 e. The Balaban J connectivity index is 2.72. The fourth-order valence-corrected chi connectivity index (χ4v) is 1.73. The second-order valence-electron chi connectivity index (χ2n) is 4.22. The normalized spacial score (nSPS) is 14.2. The Morgan fingerprint density at radius 1 is 1.39 bits per heavy atom. The molecule has 0 saturated heterocycles. The van der Waals surface area contributed by atoms with Gasteiger partial charge >= 0.3 is 5.97 Å². The number of carboxylic acid groups (broad SMARTS) is 1. The molecule has 0 amide bonds. The summed E-state index contributed by atoms with van der Waals surface area (Å²) in [6.07, 6.45) is -1.52. The zero-order valence-corrected chi connectivity index (χ0v) is 10.3. The topological polar surface area (TPSA) is 89.8 Å². The maximum Gasteiger partial charge on any atom is 0.307 e. The lowest BCUT2D eigenvalue weighted by molar-refractivity contribution is -0.136. The first-order chi connectivity index (χ1) is 8.54. The molecule has 1 aromatic carbocycles. The van der Waals surface area contributed by atoms with E-state index in [1.165, 1.54) is 0 Å². The highest BCUT2D eigenvalue weighted by atomic mass is 16.4. The van der Waals surface area contributed by atoms with Crippen LogP contribution < -0.4 is 5.32 Å². The summed E-state index contributed by atoms with van der Waals surface area (Å²) >= 11 is 0. The molecule has 0 aliphatic heterocycles. The minimum Gasteiger partial charge on any atom is -0.481 e. The van der Waals surface area contributed by atoms with Gasteiger partial charge in [-0.2, -0.15) is 0 Å². The molecule has 5 heteroatoms. The third-order valence-corrected chi connectivity index (χ3v) is 2.70. The van der Waals surface area contributed by atoms with Crippen molar-refractivity contribution in [3.8, 4) is 0 Å². The molecule has 0 saturated carbocycles. The maximum atomic E-state index is 10.6. The number of carboxylic acids is 1. The summed E-state index contributed by atoms with van der Waals surface area (Å²) in [5.74, 6) is -0.919. The summed E-state index contributed by atoms with van der Waals surface area (Å²) in [6.45, 7) is 0.604. The van der Waals surface area contributed by atoms with Crippen LogP contribution in [-0.4, -0.2) is 41.0 Å². The zero-order valence-electron chi connectivity index (χ0n) is 10.3. The van der Waals surface area contributed by atoms with Crippen LogP contribution in [0.15, 0.2) is 24.3 Å². The smallest absolute Gasteiger partial charge is 0.307 e. The van der Waals surface area contributed by atoms with Crippen molar-refractivity contribution in [3.63, 3.8) is 0 Å². The number of aliphatic hydroxyl groups excluding tert-OH is 2. The Kier molecular flexibility index (Phi) is 5.77. The van der Waals surface area contributed by atoms with Crippen LogP contribution in [0.4, 0.5) is 0 Å². The van der Waals surface area contributed by atoms with Gasteiger partial charge in [-0.15, -0.1) is 0 Å². The van der Waals surface area contributed by atoms with Crippen LogP contribution in [0.3, 0.4) is 0 Å². The highest BCUT2D eigenvalue weighted by Crippen LogP contribution is 2.20. The number of nitrogens with one attached hydrogen (secondary N) is 1. The molecular weight excluding hydrogens is 234 g/mol. The standard InChI is InChI=1S/C13H19NO4/c1-14-6-5-11(15)13(18)10-4-2-3-9(7-10)8-12(16)17/h2-4,7,11,13-15,18H,5-6,8H2,1H3,(H,16,17). The molecule has 0 bridgehead atoms. The van der Waals surface area contributed by atoms with E-state index in [9.17, 15) is 15.0 Å². The van der Waals surface area contributed by atoms with Crippen LogP contribution in [0.2, 0.25) is 0 Å². The molecule has 2 unspecified atom stereocenters. The molecule has 4 N–H and O–H groups in total. The number of hydrogen-bond donors (Lipinski definition) is 4. The van der Waals surface area contributed by atoms with Crippen LogP contribution in [0, 0.1) is 0 Å². The van der Waals surface area contributed by atoms with Gasteiger partial charge in [-0.3, -0.25) is 4.79 Å². The van der Waals surface area contributed by atoms with E-state index in [2.05, 4.69) is 5.32 Å². The van der Waals surface area contributed by atoms with Crippen LogP contribution in [-0.2, 0) is 11.2 Å². The van der Waals surface area contributed by atoms with Gasteiger partial charge in [0.1, 0.15) is 6.10 Å². The van der Waals surface area contributed by atoms with Crippen LogP contribution in [0.1, 0.15) is 23.7 Å². The third-order valence-electron chi connectivity index (χ3n) is 2.70. The first-order valence-corrected chi connectivity index (χ1v) is 5.86. The summed E-state index contributed by atoms with van der Waals surface area (Å²) in [5.41, 5.74) is 1.15. The van der Waals surface area contributed by atoms with Gasteiger partial charge in [0.05, 0.1) is 12.5 Å². The molecule has 0 aromatic heterocycles. The second kappa shape index (κ2) is 7.10. The average Bonchev–Trinajstić information content (AvgIpc) is 2.34. The van der Waals surface area contributed by atoms with Crippen molar-refractivity contribution >= 4 is 5.97 Å². The molecule has 5 nitrogen and oxygen atoms in total. The van der Waals surface area contributed by atoms with Gasteiger partial charge in [0.2, 0.25) is 0 Å². The molecule has 0 fully saturated rings. The number of benzene rings is 1. The van der Waals surface area contributed by atoms with E-state index in [-0.39, 0.29) is 6.42 Å². The minimum absolute atomic E-state index is 0.0901. The molecule has 0 radical (unpaired) electrons. The van der Waals surface area contributed by atoms with Gasteiger partial charge < -0.3 is 20.6 Å². The van der Waals surface area contributed by atoms with Crippen molar-refractivity contribution in [2.75, 3.05) is 13.6 Å². The van der Waals surface area contributed by atoms with Gasteiger partial charge in [0, 0.05) is 0 Å². The second-order valence-corrected chi connectivity index (χ2v) is 4.22. The lowest BCUT2D eigenvalue weighted by atomic mass is 9.99. The lowest BCUT2D eigenvalue weighted by Crippen LogP contribution is -2.23. The molecule has 0 heterocycles. The Labute approximate surface area is 106 Å². The highest BCUT2D eigenvalue weighted by Gasteiger charge is 2.18. The van der Waals surface area contributed by atoms with Gasteiger partial charge in [-0.1, -0.05) is 24.3 Å². The fourth-order valence-electron chi connectivity index (χ4n) is 1.73. The number of rotatable bonds is 7. The summed E-state index contributed by atoms with van der Waals surface area (Å²) in [5, 5.41) is 31.3. The predicted octanol–water partition coefficient (Wildman–Crippen LogP) is 0.317. The predicted molar refractivity (Wildman–Crippen MR) is 67.3 cm³/mol. The lowest BCUT2D eigenvalue weighted by Gasteiger charge is -2.18. The first-order valence-electron chi connectivity index (χ1n) is 5.86. The maximum absolute atomic E-state index is 10.6. The van der Waals surface area contributed by atoms with Gasteiger partial charge in [0.15, 0.2) is 0 Å². The monoisotopic (exact) mass is 253 g/mol. The number of hydrogen-bond acceptors (Lipinski definition) is 4. The first kappa shape index (κ1) is 14.6. The molecule has 100 valence electrons. The Hall–Kier alpha value is -1.43. The van der Waals surface area contributed by atoms with Gasteiger partial charge in [-0.05, 0) is 31.1 Å². The van der Waals surface area contributed by atoms with Crippen molar-refractivity contribution < 1.29 is 20.1 Å². The van der Waals surface area contributed by atoms with Crippen molar-refractivity contribution in [2.45, 2.75) is 25.0 Å². The highest BCUT2D eigenvalue weighted by molar-refractivity contribution is 5.70. The van der Waals surface area contributed by atoms with Crippen LogP contribution in [0.25, 0.3) is 0 Å². The van der Waals surface area contributed by atoms with E-state index < -0.39 is 18.2 Å². The quantitative estimate of drug-likeness (QED) is 0.562. The molecule has 0 aliphatic rings. The molecule has 0 aliphatic carbocycles. The van der Waals surface area contributed by atoms with E-state index in [1.807, 2.05) is 0 Å². The molecule has 0 spiro atoms. The van der Waals surface area contributed by atoms with E-state index in [0.29, 0.717) is 24.1 Å². The average molecular weight is 253 g/mol. The van der Waals surface area contributed by atoms with E-state index >= 15 is 0 Å². The molecule has 2 atom stereocenters. The van der Waals surface area contributed by atoms with Crippen LogP contribution >= 0.6 is 0 Å². The molecule has 1 rings (SSSR count). The number of carbonyl (C=O) groups is 1. The van der Waals surface area contributed by atoms with Crippen molar-refractivity contribution in [1.29, 1.82) is 0 Å². The van der Waals surface area contributed by atoms with Crippen molar-refractivity contribution in [2.24, 2.45) is 0 Å². The summed E-state index contributed by atoms with van der Waals surface area (Å²) in [4.78, 5) is 10.6. The Bertz CT molecular complexity index is 394. The van der Waals surface area contributed by atoms with E-state index in [0.717, 1.165) is 0 Å². The SMILES string of the molecule is CNCCC(O)C(O)c1cccc(CC(=O)O)c1.